The number of carbonyl (C=O) groups excluding carboxylic acids is 1. The van der Waals surface area contributed by atoms with Crippen molar-refractivity contribution in [3.05, 3.63) is 82.0 Å². The van der Waals surface area contributed by atoms with Gasteiger partial charge in [0, 0.05) is 21.4 Å². The molecule has 5 nitrogen and oxygen atoms in total. The quantitative estimate of drug-likeness (QED) is 0.455. The average Bonchev–Trinajstić information content (AvgIpc) is 2.73. The molecule has 1 aliphatic heterocycles. The van der Waals surface area contributed by atoms with Gasteiger partial charge in [-0.1, -0.05) is 46.3 Å². The minimum Gasteiger partial charge on any atom is -0.496 e. The fourth-order valence-electron chi connectivity index (χ4n) is 3.69. The molecule has 0 fully saturated rings. The zero-order valence-corrected chi connectivity index (χ0v) is 18.9. The summed E-state index contributed by atoms with van der Waals surface area (Å²) in [7, 11) is 1.63. The van der Waals surface area contributed by atoms with Crippen LogP contribution in [0.4, 0.5) is 5.69 Å². The number of hydrogen-bond acceptors (Lipinski definition) is 3. The summed E-state index contributed by atoms with van der Waals surface area (Å²) >= 11 is 8.82. The number of anilines is 1. The molecule has 7 heteroatoms. The summed E-state index contributed by atoms with van der Waals surface area (Å²) in [5.74, 6) is 0.481. The van der Waals surface area contributed by atoms with Crippen molar-refractivity contribution in [2.75, 3.05) is 12.4 Å². The fraction of sp³-hybridized carbons (Fsp3) is 0.130. The van der Waals surface area contributed by atoms with Crippen molar-refractivity contribution >= 4 is 55.6 Å². The van der Waals surface area contributed by atoms with Crippen molar-refractivity contribution in [3.8, 4) is 5.75 Å². The molecule has 0 spiro atoms. The predicted octanol–water partition coefficient (Wildman–Crippen LogP) is 5.04. The normalized spacial score (nSPS) is 16.1. The number of rotatable bonds is 4. The number of amides is 1. The van der Waals surface area contributed by atoms with E-state index in [9.17, 15) is 4.79 Å². The topological polar surface area (TPSA) is 62.4 Å². The van der Waals surface area contributed by atoms with E-state index in [0.717, 1.165) is 20.8 Å². The van der Waals surface area contributed by atoms with Crippen LogP contribution in [0.1, 0.15) is 18.5 Å². The van der Waals surface area contributed by atoms with Crippen LogP contribution in [0.2, 0.25) is 0 Å². The third-order valence-electron chi connectivity index (χ3n) is 5.06. The Labute approximate surface area is 188 Å². The molecule has 0 bridgehead atoms. The van der Waals surface area contributed by atoms with E-state index < -0.39 is 6.04 Å². The smallest absolute Gasteiger partial charge is 0.255 e. The second-order valence-corrected chi connectivity index (χ2v) is 8.26. The van der Waals surface area contributed by atoms with E-state index in [0.29, 0.717) is 27.8 Å². The highest BCUT2D eigenvalue weighted by Gasteiger charge is 2.33. The molecule has 0 saturated heterocycles. The molecular formula is C23H20BrN3O2S. The molecule has 0 saturated carbocycles. The average molecular weight is 482 g/mol. The molecule has 3 aromatic rings. The van der Waals surface area contributed by atoms with E-state index in [2.05, 4.69) is 31.9 Å². The van der Waals surface area contributed by atoms with E-state index in [1.807, 2.05) is 67.6 Å². The van der Waals surface area contributed by atoms with E-state index in [4.69, 9.17) is 17.0 Å². The van der Waals surface area contributed by atoms with Crippen LogP contribution < -0.4 is 20.7 Å². The Morgan fingerprint density at radius 2 is 1.83 bits per heavy atom. The van der Waals surface area contributed by atoms with Crippen molar-refractivity contribution in [1.29, 1.82) is 0 Å². The molecule has 30 heavy (non-hydrogen) atoms. The van der Waals surface area contributed by atoms with Crippen LogP contribution in [0.3, 0.4) is 0 Å². The van der Waals surface area contributed by atoms with Gasteiger partial charge in [-0.25, -0.2) is 0 Å². The molecule has 1 heterocycles. The van der Waals surface area contributed by atoms with Crippen LogP contribution in [-0.2, 0) is 4.79 Å². The molecule has 0 aromatic heterocycles. The lowest BCUT2D eigenvalue weighted by molar-refractivity contribution is -0.113. The van der Waals surface area contributed by atoms with E-state index in [1.54, 1.807) is 7.11 Å². The monoisotopic (exact) mass is 481 g/mol. The molecule has 0 unspecified atom stereocenters. The molecule has 3 N–H and O–H groups in total. The number of carbonyl (C=O) groups is 1. The Kier molecular flexibility index (Phi) is 5.74. The van der Waals surface area contributed by atoms with Gasteiger partial charge in [-0.3, -0.25) is 4.79 Å². The molecule has 4 rings (SSSR count). The Balaban J connectivity index is 1.82. The lowest BCUT2D eigenvalue weighted by Gasteiger charge is -2.32. The minimum absolute atomic E-state index is 0.211. The number of allylic oxidation sites excluding steroid dienone is 1. The molecule has 152 valence electrons. The molecule has 3 aromatic carbocycles. The van der Waals surface area contributed by atoms with Crippen LogP contribution in [0.25, 0.3) is 10.8 Å². The zero-order valence-electron chi connectivity index (χ0n) is 16.5. The first-order valence-electron chi connectivity index (χ1n) is 9.39. The number of hydrogen-bond donors (Lipinski definition) is 3. The maximum Gasteiger partial charge on any atom is 0.255 e. The largest absolute Gasteiger partial charge is 0.496 e. The van der Waals surface area contributed by atoms with Crippen LogP contribution in [-0.4, -0.2) is 18.1 Å². The van der Waals surface area contributed by atoms with Gasteiger partial charge in [-0.2, -0.15) is 0 Å². The predicted molar refractivity (Wildman–Crippen MR) is 128 cm³/mol. The van der Waals surface area contributed by atoms with Gasteiger partial charge in [-0.05, 0) is 60.2 Å². The van der Waals surface area contributed by atoms with Gasteiger partial charge >= 0.3 is 0 Å². The van der Waals surface area contributed by atoms with Crippen molar-refractivity contribution in [1.82, 2.24) is 10.6 Å². The van der Waals surface area contributed by atoms with Gasteiger partial charge in [0.2, 0.25) is 0 Å². The van der Waals surface area contributed by atoms with Crippen LogP contribution >= 0.6 is 28.1 Å². The molecule has 1 atom stereocenters. The number of nitrogens with one attached hydrogen (secondary N) is 3. The van der Waals surface area contributed by atoms with Crippen LogP contribution in [0, 0.1) is 0 Å². The highest BCUT2D eigenvalue weighted by molar-refractivity contribution is 9.10. The molecule has 1 amide bonds. The third kappa shape index (κ3) is 3.91. The number of halogens is 1. The summed E-state index contributed by atoms with van der Waals surface area (Å²) in [6.07, 6.45) is 0. The van der Waals surface area contributed by atoms with E-state index in [1.165, 1.54) is 0 Å². The number of benzene rings is 3. The molecular weight excluding hydrogens is 462 g/mol. The van der Waals surface area contributed by atoms with E-state index >= 15 is 0 Å². The summed E-state index contributed by atoms with van der Waals surface area (Å²) in [5.41, 5.74) is 2.84. The lowest BCUT2D eigenvalue weighted by Crippen LogP contribution is -2.46. The van der Waals surface area contributed by atoms with Gasteiger partial charge in [-0.15, -0.1) is 0 Å². The summed E-state index contributed by atoms with van der Waals surface area (Å²) in [4.78, 5) is 13.3. The zero-order chi connectivity index (χ0) is 21.3. The summed E-state index contributed by atoms with van der Waals surface area (Å²) < 4.78 is 6.62. The SMILES string of the molecule is COc1ccc2ccccc2c1[C@H]1NC(=S)NC(C)=C1C(=O)Nc1ccc(Br)cc1. The first-order chi connectivity index (χ1) is 14.5. The van der Waals surface area contributed by atoms with Crippen LogP contribution in [0.15, 0.2) is 76.4 Å². The number of methoxy groups -OCH3 is 1. The third-order valence-corrected chi connectivity index (χ3v) is 5.80. The van der Waals surface area contributed by atoms with Gasteiger partial charge in [0.25, 0.3) is 5.91 Å². The number of ether oxygens (including phenoxy) is 1. The Bertz CT molecular complexity index is 1170. The Morgan fingerprint density at radius 3 is 2.57 bits per heavy atom. The van der Waals surface area contributed by atoms with Crippen LogP contribution in [0.5, 0.6) is 5.75 Å². The van der Waals surface area contributed by atoms with Gasteiger partial charge in [0.1, 0.15) is 5.75 Å². The van der Waals surface area contributed by atoms with E-state index in [-0.39, 0.29) is 5.91 Å². The number of thiocarbonyl (C=S) groups is 1. The van der Waals surface area contributed by atoms with Gasteiger partial charge in [0.15, 0.2) is 5.11 Å². The summed E-state index contributed by atoms with van der Waals surface area (Å²) in [6, 6.07) is 19.0. The van der Waals surface area contributed by atoms with Crippen molar-refractivity contribution in [3.63, 3.8) is 0 Å². The highest BCUT2D eigenvalue weighted by atomic mass is 79.9. The first-order valence-corrected chi connectivity index (χ1v) is 10.6. The standard InChI is InChI=1S/C23H20BrN3O2S/c1-13-19(22(28)26-16-10-8-15(24)9-11-16)21(27-23(30)25-13)20-17-6-4-3-5-14(17)7-12-18(20)29-2/h3-12,21H,1-2H3,(H,26,28)(H2,25,27,30)/t21-/m0/s1. The fourth-order valence-corrected chi connectivity index (χ4v) is 4.23. The molecule has 0 aliphatic carbocycles. The van der Waals surface area contributed by atoms with Gasteiger partial charge < -0.3 is 20.7 Å². The number of fused-ring (bicyclic) bond motifs is 1. The maximum atomic E-state index is 13.3. The van der Waals surface area contributed by atoms with Gasteiger partial charge in [0.05, 0.1) is 18.7 Å². The first kappa shape index (κ1) is 20.4. The van der Waals surface area contributed by atoms with Crippen molar-refractivity contribution in [2.24, 2.45) is 0 Å². The maximum absolute atomic E-state index is 13.3. The summed E-state index contributed by atoms with van der Waals surface area (Å²) in [5, 5.41) is 11.9. The van der Waals surface area contributed by atoms with Crippen molar-refractivity contribution < 1.29 is 9.53 Å². The lowest BCUT2D eigenvalue weighted by atomic mass is 9.90. The second-order valence-electron chi connectivity index (χ2n) is 6.93. The Hall–Kier alpha value is -2.90. The Morgan fingerprint density at radius 1 is 1.10 bits per heavy atom. The second kappa shape index (κ2) is 8.45. The van der Waals surface area contributed by atoms with Crippen molar-refractivity contribution in [2.45, 2.75) is 13.0 Å². The minimum atomic E-state index is -0.463. The molecule has 0 radical (unpaired) electrons. The molecule has 1 aliphatic rings. The highest BCUT2D eigenvalue weighted by Crippen LogP contribution is 2.38. The summed E-state index contributed by atoms with van der Waals surface area (Å²) in [6.45, 7) is 1.86.